The highest BCUT2D eigenvalue weighted by Crippen LogP contribution is 2.43. The molecule has 19 nitrogen and oxygen atoms in total. The molecule has 11 rings (SSSR count). The van der Waals surface area contributed by atoms with Crippen molar-refractivity contribution in [3.05, 3.63) is 294 Å². The molecule has 8 aromatic carbocycles. The maximum atomic E-state index is 14.2. The van der Waals surface area contributed by atoms with E-state index in [2.05, 4.69) is 40.4 Å². The van der Waals surface area contributed by atoms with Crippen molar-refractivity contribution in [2.45, 2.75) is 204 Å². The van der Waals surface area contributed by atoms with Gasteiger partial charge in [0.25, 0.3) is 0 Å². The number of carbonyl (C=O) groups excluding carboxylic acids is 2. The summed E-state index contributed by atoms with van der Waals surface area (Å²) in [6.07, 6.45) is -17.8. The zero-order chi connectivity index (χ0) is 75.7. The van der Waals surface area contributed by atoms with Crippen molar-refractivity contribution in [2.75, 3.05) is 26.9 Å². The average Bonchev–Trinajstić information content (AvgIpc) is 0.747. The minimum Gasteiger partial charge on any atom is -0.497 e. The van der Waals surface area contributed by atoms with Crippen LogP contribution in [0.2, 0.25) is 18.1 Å². The highest BCUT2D eigenvalue weighted by molar-refractivity contribution is 6.74. The van der Waals surface area contributed by atoms with Gasteiger partial charge in [-0.15, -0.1) is 6.58 Å². The van der Waals surface area contributed by atoms with Gasteiger partial charge < -0.3 is 80.2 Å². The summed E-state index contributed by atoms with van der Waals surface area (Å²) in [6.45, 7) is 18.0. The lowest BCUT2D eigenvalue weighted by atomic mass is 9.83. The van der Waals surface area contributed by atoms with Crippen LogP contribution in [0.5, 0.6) is 5.75 Å². The van der Waals surface area contributed by atoms with Crippen LogP contribution < -0.4 is 4.74 Å². The van der Waals surface area contributed by atoms with Gasteiger partial charge >= 0.3 is 11.9 Å². The predicted molar refractivity (Wildman–Crippen MR) is 409 cm³/mol. The number of hydrogen-bond acceptors (Lipinski definition) is 19. The van der Waals surface area contributed by atoms with Crippen LogP contribution in [0.25, 0.3) is 0 Å². The van der Waals surface area contributed by atoms with E-state index in [9.17, 15) is 9.59 Å². The molecule has 16 atom stereocenters. The Balaban J connectivity index is 1.12. The molecule has 0 amide bonds. The highest BCUT2D eigenvalue weighted by Gasteiger charge is 2.61. The SMILES string of the molecule is C=CCOC[C@H]1O[C@H](O[C@H]2[C@H](OCc3ccc(OC)cc3)[C@H](O[C@H]3O[C@H](CO[Si](C)(C)C(C)(C)C)[C@@H](OCc4ccccc4)[C@H](OCc4ccccc4)[C@@H]3OC(C)=O)[C@H](OCc3ccccc3)[C@@H](OCc3ccccc3)[C@@H]2OCc2ccccc2)[C@@H](OC(C)=O)[C@@H](OCc2ccccc2)[C@@H]1OCc1ccccc1. The topological polar surface area (TPSA) is 191 Å². The smallest absolute Gasteiger partial charge is 0.303 e. The van der Waals surface area contributed by atoms with Crippen LogP contribution >= 0.6 is 0 Å². The maximum absolute atomic E-state index is 14.2. The van der Waals surface area contributed by atoms with Crippen molar-refractivity contribution in [1.82, 2.24) is 0 Å². The van der Waals surface area contributed by atoms with Crippen molar-refractivity contribution >= 4 is 20.3 Å². The minimum atomic E-state index is -2.59. The summed E-state index contributed by atoms with van der Waals surface area (Å²) in [5.74, 6) is -0.681. The van der Waals surface area contributed by atoms with E-state index in [1.807, 2.05) is 237 Å². The lowest BCUT2D eigenvalue weighted by molar-refractivity contribution is -0.379. The lowest BCUT2D eigenvalue weighted by Crippen LogP contribution is -2.71. The van der Waals surface area contributed by atoms with Gasteiger partial charge in [-0.2, -0.15) is 0 Å². The monoisotopic (exact) mass is 1490 g/mol. The molecule has 2 heterocycles. The molecule has 0 bridgehead atoms. The van der Waals surface area contributed by atoms with Crippen LogP contribution in [0.1, 0.15) is 79.1 Å². The second-order valence-corrected chi connectivity index (χ2v) is 33.6. The van der Waals surface area contributed by atoms with E-state index in [0.29, 0.717) is 5.75 Å². The van der Waals surface area contributed by atoms with Crippen LogP contribution in [0.15, 0.2) is 249 Å². The Hall–Kier alpha value is -8.10. The van der Waals surface area contributed by atoms with Gasteiger partial charge in [-0.25, -0.2) is 0 Å². The summed E-state index contributed by atoms with van der Waals surface area (Å²) < 4.78 is 121. The molecule has 3 fully saturated rings. The molecule has 0 radical (unpaired) electrons. The van der Waals surface area contributed by atoms with Gasteiger partial charge in [0.1, 0.15) is 79.0 Å². The molecule has 1 aliphatic carbocycles. The number of rotatable bonds is 38. The fourth-order valence-corrected chi connectivity index (χ4v) is 14.2. The first-order valence-electron chi connectivity index (χ1n) is 37.1. The summed E-state index contributed by atoms with van der Waals surface area (Å²) >= 11 is 0. The minimum absolute atomic E-state index is 0.0194. The van der Waals surface area contributed by atoms with Crippen molar-refractivity contribution in [3.63, 3.8) is 0 Å². The fraction of sp³-hybridized carbons (Fsp3) is 0.409. The molecule has 3 aliphatic rings. The molecule has 2 saturated heterocycles. The summed E-state index contributed by atoms with van der Waals surface area (Å²) in [7, 11) is -0.984. The Morgan fingerprint density at radius 1 is 0.370 bits per heavy atom. The van der Waals surface area contributed by atoms with Crippen LogP contribution in [-0.2, 0) is 138 Å². The molecule has 0 N–H and O–H groups in total. The number of hydrogen-bond donors (Lipinski definition) is 0. The third-order valence-electron chi connectivity index (χ3n) is 19.8. The van der Waals surface area contributed by atoms with E-state index < -0.39 is 118 Å². The van der Waals surface area contributed by atoms with Gasteiger partial charge in [-0.05, 0) is 74.8 Å². The van der Waals surface area contributed by atoms with Crippen LogP contribution in [0, 0.1) is 0 Å². The Labute approximate surface area is 636 Å². The Kier molecular flexibility index (Phi) is 30.4. The molecule has 8 aromatic rings. The number of benzene rings is 8. The van der Waals surface area contributed by atoms with Crippen molar-refractivity contribution in [3.8, 4) is 5.75 Å². The summed E-state index contributed by atoms with van der Waals surface area (Å²) in [5, 5.41) is -0.233. The van der Waals surface area contributed by atoms with Gasteiger partial charge in [-0.1, -0.05) is 251 Å². The standard InChI is InChI=1S/C88H104O19Si/c1-10-50-92-59-72-74(93-51-63-32-18-11-19-33-63)76(95-53-65-36-22-13-23-37-65)84(102-61(2)89)86(104-72)106-82-79(98-56-68-42-28-16-29-43-68)78(97-55-67-40-26-15-27-41-67)80(99-57-69-44-30-17-31-45-69)83(81(82)100-58-70-46-48-71(91-7)49-47-70)107-87-85(103-62(3)90)77(96-54-66-38-24-14-25-39-66)75(94-52-64-34-20-12-21-35-64)73(105-87)60-101-108(8,9)88(4,5)6/h10-49,72-87H,1,50-60H2,2-9H3/t72-,73-,74-,75-,76+,77+,78+,79+,80-,81+,82-,83-,84+,85+,86-,87-/m1/s1. The van der Waals surface area contributed by atoms with E-state index in [1.54, 1.807) is 13.2 Å². The Morgan fingerprint density at radius 3 is 0.907 bits per heavy atom. The second kappa shape index (κ2) is 40.5. The zero-order valence-electron chi connectivity index (χ0n) is 63.1. The average molecular weight is 1490 g/mol. The molecule has 20 heteroatoms. The molecule has 108 heavy (non-hydrogen) atoms. The number of carbonyl (C=O) groups is 2. The van der Waals surface area contributed by atoms with Crippen LogP contribution in [0.3, 0.4) is 0 Å². The largest absolute Gasteiger partial charge is 0.497 e. The molecule has 1 saturated carbocycles. The fourth-order valence-electron chi connectivity index (χ4n) is 13.2. The molecular formula is C88H104O19Si. The highest BCUT2D eigenvalue weighted by atomic mass is 28.4. The number of esters is 2. The molecule has 0 aromatic heterocycles. The quantitative estimate of drug-likeness (QED) is 0.0153. The first-order valence-corrected chi connectivity index (χ1v) is 40.0. The lowest BCUT2D eigenvalue weighted by Gasteiger charge is -2.53. The van der Waals surface area contributed by atoms with E-state index in [1.165, 1.54) is 13.8 Å². The molecule has 574 valence electrons. The maximum Gasteiger partial charge on any atom is 0.303 e. The Morgan fingerprint density at radius 2 is 0.630 bits per heavy atom. The van der Waals surface area contributed by atoms with E-state index in [-0.39, 0.29) is 77.7 Å². The molecule has 0 unspecified atom stereocenters. The number of methoxy groups -OCH3 is 1. The molecule has 2 aliphatic heterocycles. The van der Waals surface area contributed by atoms with Crippen molar-refractivity contribution < 1.29 is 89.8 Å². The second-order valence-electron chi connectivity index (χ2n) is 28.8. The van der Waals surface area contributed by atoms with Gasteiger partial charge in [0.15, 0.2) is 33.1 Å². The van der Waals surface area contributed by atoms with Gasteiger partial charge in [0.2, 0.25) is 0 Å². The van der Waals surface area contributed by atoms with Gasteiger partial charge in [0.05, 0.1) is 79.8 Å². The van der Waals surface area contributed by atoms with Crippen LogP contribution in [-0.4, -0.2) is 145 Å². The normalized spacial score (nSPS) is 25.2. The molecular weight excluding hydrogens is 1390 g/mol. The first-order chi connectivity index (χ1) is 52.5. The zero-order valence-corrected chi connectivity index (χ0v) is 64.1. The van der Waals surface area contributed by atoms with Gasteiger partial charge in [0, 0.05) is 13.8 Å². The predicted octanol–water partition coefficient (Wildman–Crippen LogP) is 15.0. The van der Waals surface area contributed by atoms with Crippen LogP contribution in [0.4, 0.5) is 0 Å². The van der Waals surface area contributed by atoms with E-state index >= 15 is 0 Å². The van der Waals surface area contributed by atoms with Crippen molar-refractivity contribution in [2.24, 2.45) is 0 Å². The van der Waals surface area contributed by atoms with Crippen molar-refractivity contribution in [1.29, 1.82) is 0 Å². The molecule has 0 spiro atoms. The summed E-state index contributed by atoms with van der Waals surface area (Å²) in [6, 6.07) is 75.8. The third kappa shape index (κ3) is 23.0. The Bertz CT molecular complexity index is 3920. The first kappa shape index (κ1) is 80.9. The third-order valence-corrected chi connectivity index (χ3v) is 24.3. The van der Waals surface area contributed by atoms with Gasteiger partial charge in [-0.3, -0.25) is 9.59 Å². The summed E-state index contributed by atoms with van der Waals surface area (Å²) in [4.78, 5) is 28.4. The van der Waals surface area contributed by atoms with E-state index in [4.69, 9.17) is 80.2 Å². The number of ether oxygens (including phenoxy) is 16. The van der Waals surface area contributed by atoms with E-state index in [0.717, 1.165) is 44.5 Å². The summed E-state index contributed by atoms with van der Waals surface area (Å²) in [5.41, 5.74) is 6.66.